The van der Waals surface area contributed by atoms with Gasteiger partial charge in [-0.25, -0.2) is 0 Å². The summed E-state index contributed by atoms with van der Waals surface area (Å²) in [5.74, 6) is 1.22. The van der Waals surface area contributed by atoms with Gasteiger partial charge < -0.3 is 20.1 Å². The second-order valence-corrected chi connectivity index (χ2v) is 7.23. The fraction of sp³-hybridized carbons (Fsp3) is 0.364. The highest BCUT2D eigenvalue weighted by molar-refractivity contribution is 6.30. The van der Waals surface area contributed by atoms with Gasteiger partial charge in [0, 0.05) is 23.6 Å². The van der Waals surface area contributed by atoms with Crippen LogP contribution in [0.15, 0.2) is 42.5 Å². The highest BCUT2D eigenvalue weighted by atomic mass is 35.5. The van der Waals surface area contributed by atoms with Crippen LogP contribution in [-0.4, -0.2) is 31.6 Å². The maximum absolute atomic E-state index is 12.3. The summed E-state index contributed by atoms with van der Waals surface area (Å²) in [6.45, 7) is 3.53. The molecule has 3 rings (SSSR count). The third-order valence-electron chi connectivity index (χ3n) is 4.68. The Balaban J connectivity index is 1.44. The minimum Gasteiger partial charge on any atom is -0.486 e. The van der Waals surface area contributed by atoms with Crippen molar-refractivity contribution in [2.24, 2.45) is 0 Å². The summed E-state index contributed by atoms with van der Waals surface area (Å²) >= 11 is 5.82. The summed E-state index contributed by atoms with van der Waals surface area (Å²) in [5.41, 5.74) is 1.53. The molecule has 0 bridgehead atoms. The van der Waals surface area contributed by atoms with E-state index in [0.717, 1.165) is 17.7 Å². The van der Waals surface area contributed by atoms with Crippen LogP contribution in [0.5, 0.6) is 11.5 Å². The van der Waals surface area contributed by atoms with Crippen LogP contribution < -0.4 is 20.1 Å². The first kappa shape index (κ1) is 21.0. The molecule has 2 aromatic rings. The molecule has 0 spiro atoms. The van der Waals surface area contributed by atoms with E-state index in [1.165, 1.54) is 0 Å². The highest BCUT2D eigenvalue weighted by Gasteiger charge is 2.17. The Bertz CT molecular complexity index is 854. The molecule has 2 aromatic carbocycles. The average molecular weight is 417 g/mol. The maximum atomic E-state index is 12.3. The van der Waals surface area contributed by atoms with E-state index in [1.807, 2.05) is 25.1 Å². The summed E-state index contributed by atoms with van der Waals surface area (Å²) < 4.78 is 11.2. The molecule has 154 valence electrons. The lowest BCUT2D eigenvalue weighted by Crippen LogP contribution is -2.30. The van der Waals surface area contributed by atoms with Crippen molar-refractivity contribution in [2.45, 2.75) is 32.2 Å². The van der Waals surface area contributed by atoms with Crippen molar-refractivity contribution in [3.05, 3.63) is 58.6 Å². The van der Waals surface area contributed by atoms with Crippen molar-refractivity contribution in [2.75, 3.05) is 19.8 Å². The van der Waals surface area contributed by atoms with Gasteiger partial charge in [-0.2, -0.15) is 0 Å². The predicted molar refractivity (Wildman–Crippen MR) is 112 cm³/mol. The Hall–Kier alpha value is -2.73. The molecule has 0 fully saturated rings. The minimum absolute atomic E-state index is 0.0486. The fourth-order valence-corrected chi connectivity index (χ4v) is 3.24. The lowest BCUT2D eigenvalue weighted by molar-refractivity contribution is -0.122. The summed E-state index contributed by atoms with van der Waals surface area (Å²) in [6, 6.07) is 12.4. The Labute approximate surface area is 175 Å². The van der Waals surface area contributed by atoms with E-state index >= 15 is 0 Å². The van der Waals surface area contributed by atoms with Crippen LogP contribution in [-0.2, 0) is 4.79 Å². The van der Waals surface area contributed by atoms with Crippen LogP contribution in [0, 0.1) is 0 Å². The van der Waals surface area contributed by atoms with Crippen LogP contribution >= 0.6 is 11.6 Å². The van der Waals surface area contributed by atoms with E-state index in [0.29, 0.717) is 48.9 Å². The number of halogens is 1. The number of hydrogen-bond acceptors (Lipinski definition) is 4. The molecular formula is C22H25ClN2O4. The van der Waals surface area contributed by atoms with Crippen LogP contribution in [0.3, 0.4) is 0 Å². The lowest BCUT2D eigenvalue weighted by Gasteiger charge is -2.22. The molecule has 7 heteroatoms. The smallest absolute Gasteiger partial charge is 0.251 e. The Morgan fingerprint density at radius 1 is 1.07 bits per heavy atom. The SMILES string of the molecule is CCC(NC(=O)CCCNC(=O)c1ccc(Cl)cc1)c1ccc2c(c1)OCCO2. The number of carbonyl (C=O) groups excluding carboxylic acids is 2. The van der Waals surface area contributed by atoms with Crippen molar-refractivity contribution in [1.82, 2.24) is 10.6 Å². The van der Waals surface area contributed by atoms with Gasteiger partial charge in [0.25, 0.3) is 5.91 Å². The van der Waals surface area contributed by atoms with Crippen molar-refractivity contribution < 1.29 is 19.1 Å². The van der Waals surface area contributed by atoms with Gasteiger partial charge in [0.15, 0.2) is 11.5 Å². The number of amides is 2. The number of fused-ring (bicyclic) bond motifs is 1. The molecule has 0 radical (unpaired) electrons. The van der Waals surface area contributed by atoms with Crippen molar-refractivity contribution >= 4 is 23.4 Å². The first-order valence-electron chi connectivity index (χ1n) is 9.79. The second-order valence-electron chi connectivity index (χ2n) is 6.80. The van der Waals surface area contributed by atoms with Crippen LogP contribution in [0.1, 0.15) is 48.1 Å². The summed E-state index contributed by atoms with van der Waals surface area (Å²) in [4.78, 5) is 24.4. The summed E-state index contributed by atoms with van der Waals surface area (Å²) in [6.07, 6.45) is 1.66. The van der Waals surface area contributed by atoms with Crippen molar-refractivity contribution in [3.63, 3.8) is 0 Å². The third kappa shape index (κ3) is 5.87. The first-order valence-corrected chi connectivity index (χ1v) is 10.2. The number of nitrogens with one attached hydrogen (secondary N) is 2. The van der Waals surface area contributed by atoms with Gasteiger partial charge in [-0.15, -0.1) is 0 Å². The molecule has 1 atom stereocenters. The number of ether oxygens (including phenoxy) is 2. The van der Waals surface area contributed by atoms with Crippen LogP contribution in [0.4, 0.5) is 0 Å². The first-order chi connectivity index (χ1) is 14.1. The molecule has 2 N–H and O–H groups in total. The average Bonchev–Trinajstić information content (AvgIpc) is 2.75. The zero-order valence-electron chi connectivity index (χ0n) is 16.4. The Kier molecular flexibility index (Phi) is 7.36. The topological polar surface area (TPSA) is 76.7 Å². The van der Waals surface area contributed by atoms with Crippen molar-refractivity contribution in [1.29, 1.82) is 0 Å². The number of hydrogen-bond donors (Lipinski definition) is 2. The van der Waals surface area contributed by atoms with Gasteiger partial charge in [-0.05, 0) is 54.8 Å². The molecule has 2 amide bonds. The monoisotopic (exact) mass is 416 g/mol. The number of benzene rings is 2. The van der Waals surface area contributed by atoms with Gasteiger partial charge >= 0.3 is 0 Å². The molecule has 0 aromatic heterocycles. The fourth-order valence-electron chi connectivity index (χ4n) is 3.12. The van der Waals surface area contributed by atoms with E-state index in [4.69, 9.17) is 21.1 Å². The largest absolute Gasteiger partial charge is 0.486 e. The minimum atomic E-state index is -0.176. The van der Waals surface area contributed by atoms with Gasteiger partial charge in [0.05, 0.1) is 6.04 Å². The third-order valence-corrected chi connectivity index (χ3v) is 4.94. The second kappa shape index (κ2) is 10.2. The zero-order valence-corrected chi connectivity index (χ0v) is 17.1. The lowest BCUT2D eigenvalue weighted by atomic mass is 10.0. The molecule has 6 nitrogen and oxygen atoms in total. The highest BCUT2D eigenvalue weighted by Crippen LogP contribution is 2.33. The van der Waals surface area contributed by atoms with E-state index in [-0.39, 0.29) is 17.9 Å². The van der Waals surface area contributed by atoms with Crippen molar-refractivity contribution in [3.8, 4) is 11.5 Å². The number of carbonyl (C=O) groups is 2. The van der Waals surface area contributed by atoms with E-state index in [2.05, 4.69) is 10.6 Å². The molecule has 29 heavy (non-hydrogen) atoms. The number of rotatable bonds is 8. The molecular weight excluding hydrogens is 392 g/mol. The summed E-state index contributed by atoms with van der Waals surface area (Å²) in [5, 5.41) is 6.45. The molecule has 0 saturated heterocycles. The van der Waals surface area contributed by atoms with Gasteiger partial charge in [0.2, 0.25) is 5.91 Å². The molecule has 0 aliphatic carbocycles. The summed E-state index contributed by atoms with van der Waals surface area (Å²) in [7, 11) is 0. The quantitative estimate of drug-likeness (QED) is 0.640. The molecule has 0 saturated carbocycles. The Morgan fingerprint density at radius 2 is 1.79 bits per heavy atom. The van der Waals surface area contributed by atoms with Gasteiger partial charge in [-0.3, -0.25) is 9.59 Å². The Morgan fingerprint density at radius 3 is 2.52 bits per heavy atom. The maximum Gasteiger partial charge on any atom is 0.251 e. The zero-order chi connectivity index (χ0) is 20.6. The van der Waals surface area contributed by atoms with E-state index in [9.17, 15) is 9.59 Å². The van der Waals surface area contributed by atoms with Crippen LogP contribution in [0.25, 0.3) is 0 Å². The molecule has 1 aliphatic heterocycles. The molecule has 1 aliphatic rings. The van der Waals surface area contributed by atoms with E-state index < -0.39 is 0 Å². The molecule has 1 unspecified atom stereocenters. The normalized spacial score (nSPS) is 13.4. The van der Waals surface area contributed by atoms with Gasteiger partial charge in [0.1, 0.15) is 13.2 Å². The standard InChI is InChI=1S/C22H25ClN2O4/c1-2-18(16-7-10-19-20(14-16)29-13-12-28-19)25-21(26)4-3-11-24-22(27)15-5-8-17(23)9-6-15/h5-10,14,18H,2-4,11-13H2,1H3,(H,24,27)(H,25,26). The van der Waals surface area contributed by atoms with E-state index in [1.54, 1.807) is 24.3 Å². The van der Waals surface area contributed by atoms with Gasteiger partial charge in [-0.1, -0.05) is 24.6 Å². The molecule has 1 heterocycles. The predicted octanol–water partition coefficient (Wildman–Crippen LogP) is 3.89. The van der Waals surface area contributed by atoms with Crippen LogP contribution in [0.2, 0.25) is 5.02 Å².